The number of ether oxygens (including phenoxy) is 1. The van der Waals surface area contributed by atoms with E-state index in [1.54, 1.807) is 0 Å². The standard InChI is InChI=1S/C15H28N2O2/c1-2-19-14-6-11(7-14)8-15(18)17-10-13-5-3-4-12(13)9-16/h11-14H,2-10,16H2,1H3,(H,17,18). The Morgan fingerprint density at radius 3 is 2.74 bits per heavy atom. The van der Waals surface area contributed by atoms with Crippen LogP contribution in [-0.4, -0.2) is 31.7 Å². The summed E-state index contributed by atoms with van der Waals surface area (Å²) in [4.78, 5) is 11.9. The van der Waals surface area contributed by atoms with Gasteiger partial charge in [-0.3, -0.25) is 4.79 Å². The van der Waals surface area contributed by atoms with Gasteiger partial charge in [-0.05, 0) is 56.9 Å². The second-order valence-electron chi connectivity index (χ2n) is 6.11. The van der Waals surface area contributed by atoms with Crippen LogP contribution < -0.4 is 11.1 Å². The fourth-order valence-electron chi connectivity index (χ4n) is 3.48. The van der Waals surface area contributed by atoms with Gasteiger partial charge in [-0.1, -0.05) is 6.42 Å². The van der Waals surface area contributed by atoms with Gasteiger partial charge in [-0.15, -0.1) is 0 Å². The minimum atomic E-state index is 0.211. The highest BCUT2D eigenvalue weighted by molar-refractivity contribution is 5.76. The van der Waals surface area contributed by atoms with Crippen LogP contribution in [0.25, 0.3) is 0 Å². The molecule has 0 saturated heterocycles. The molecule has 2 rings (SSSR count). The monoisotopic (exact) mass is 268 g/mol. The van der Waals surface area contributed by atoms with E-state index in [0.29, 0.717) is 30.3 Å². The second-order valence-corrected chi connectivity index (χ2v) is 6.11. The Morgan fingerprint density at radius 1 is 1.32 bits per heavy atom. The third-order valence-corrected chi connectivity index (χ3v) is 4.75. The van der Waals surface area contributed by atoms with E-state index in [1.807, 2.05) is 6.92 Å². The molecule has 0 aliphatic heterocycles. The predicted molar refractivity (Wildman–Crippen MR) is 75.7 cm³/mol. The lowest BCUT2D eigenvalue weighted by Crippen LogP contribution is -2.38. The van der Waals surface area contributed by atoms with Gasteiger partial charge in [0.25, 0.3) is 0 Å². The molecule has 0 aromatic carbocycles. The number of hydrogen-bond acceptors (Lipinski definition) is 3. The summed E-state index contributed by atoms with van der Waals surface area (Å²) in [5, 5.41) is 3.10. The number of carbonyl (C=O) groups is 1. The number of carbonyl (C=O) groups excluding carboxylic acids is 1. The Kier molecular flexibility index (Phi) is 5.64. The number of amides is 1. The van der Waals surface area contributed by atoms with Crippen LogP contribution in [0.1, 0.15) is 45.4 Å². The van der Waals surface area contributed by atoms with Gasteiger partial charge < -0.3 is 15.8 Å². The Bertz CT molecular complexity index is 290. The molecule has 0 aromatic heterocycles. The van der Waals surface area contributed by atoms with Crippen molar-refractivity contribution in [3.05, 3.63) is 0 Å². The van der Waals surface area contributed by atoms with Gasteiger partial charge in [0.05, 0.1) is 6.10 Å². The molecule has 2 saturated carbocycles. The summed E-state index contributed by atoms with van der Waals surface area (Å²) in [6.45, 7) is 4.39. The van der Waals surface area contributed by atoms with E-state index in [1.165, 1.54) is 19.3 Å². The lowest BCUT2D eigenvalue weighted by Gasteiger charge is -2.34. The smallest absolute Gasteiger partial charge is 0.220 e. The minimum absolute atomic E-state index is 0.211. The molecule has 0 bridgehead atoms. The molecular formula is C15H28N2O2. The van der Waals surface area contributed by atoms with Gasteiger partial charge in [-0.2, -0.15) is 0 Å². The maximum absolute atomic E-state index is 11.9. The molecule has 0 aromatic rings. The number of hydrogen-bond donors (Lipinski definition) is 2. The van der Waals surface area contributed by atoms with E-state index < -0.39 is 0 Å². The third kappa shape index (κ3) is 4.18. The Hall–Kier alpha value is -0.610. The van der Waals surface area contributed by atoms with Gasteiger partial charge >= 0.3 is 0 Å². The minimum Gasteiger partial charge on any atom is -0.378 e. The molecule has 110 valence electrons. The summed E-state index contributed by atoms with van der Waals surface area (Å²) in [7, 11) is 0. The van der Waals surface area contributed by atoms with E-state index in [9.17, 15) is 4.79 Å². The van der Waals surface area contributed by atoms with E-state index in [2.05, 4.69) is 5.32 Å². The molecule has 2 unspecified atom stereocenters. The highest BCUT2D eigenvalue weighted by atomic mass is 16.5. The number of nitrogens with one attached hydrogen (secondary N) is 1. The molecule has 2 aliphatic rings. The Morgan fingerprint density at radius 2 is 2.05 bits per heavy atom. The van der Waals surface area contributed by atoms with Crippen molar-refractivity contribution in [1.82, 2.24) is 5.32 Å². The highest BCUT2D eigenvalue weighted by Crippen LogP contribution is 2.33. The summed E-state index contributed by atoms with van der Waals surface area (Å²) in [6.07, 6.45) is 6.89. The molecule has 2 aliphatic carbocycles. The number of rotatable bonds is 7. The van der Waals surface area contributed by atoms with Crippen LogP contribution in [0.5, 0.6) is 0 Å². The van der Waals surface area contributed by atoms with Crippen LogP contribution in [0.2, 0.25) is 0 Å². The lowest BCUT2D eigenvalue weighted by atomic mass is 9.80. The second kappa shape index (κ2) is 7.25. The normalized spacial score (nSPS) is 34.0. The fourth-order valence-corrected chi connectivity index (χ4v) is 3.48. The quantitative estimate of drug-likeness (QED) is 0.738. The van der Waals surface area contributed by atoms with Crippen LogP contribution in [0.4, 0.5) is 0 Å². The van der Waals surface area contributed by atoms with Crippen molar-refractivity contribution in [3.8, 4) is 0 Å². The molecule has 1 amide bonds. The Labute approximate surface area is 116 Å². The summed E-state index contributed by atoms with van der Waals surface area (Å²) in [5.74, 6) is 1.96. The van der Waals surface area contributed by atoms with Crippen molar-refractivity contribution in [3.63, 3.8) is 0 Å². The zero-order valence-corrected chi connectivity index (χ0v) is 12.1. The molecule has 3 N–H and O–H groups in total. The average molecular weight is 268 g/mol. The maximum atomic E-state index is 11.9. The van der Waals surface area contributed by atoms with Crippen LogP contribution in [-0.2, 0) is 9.53 Å². The van der Waals surface area contributed by atoms with Crippen LogP contribution >= 0.6 is 0 Å². The zero-order valence-electron chi connectivity index (χ0n) is 12.1. The maximum Gasteiger partial charge on any atom is 0.220 e. The number of nitrogens with two attached hydrogens (primary N) is 1. The molecule has 2 atom stereocenters. The van der Waals surface area contributed by atoms with E-state index in [4.69, 9.17) is 10.5 Å². The van der Waals surface area contributed by atoms with E-state index >= 15 is 0 Å². The summed E-state index contributed by atoms with van der Waals surface area (Å²) in [6, 6.07) is 0. The van der Waals surface area contributed by atoms with Crippen molar-refractivity contribution in [2.75, 3.05) is 19.7 Å². The average Bonchev–Trinajstić information content (AvgIpc) is 2.81. The van der Waals surface area contributed by atoms with E-state index in [0.717, 1.165) is 32.5 Å². The lowest BCUT2D eigenvalue weighted by molar-refractivity contribution is -0.124. The van der Waals surface area contributed by atoms with Gasteiger partial charge in [0.2, 0.25) is 5.91 Å². The van der Waals surface area contributed by atoms with Crippen molar-refractivity contribution in [1.29, 1.82) is 0 Å². The SMILES string of the molecule is CCOC1CC(CC(=O)NCC2CCCC2CN)C1. The van der Waals surface area contributed by atoms with Gasteiger partial charge in [-0.25, -0.2) is 0 Å². The van der Waals surface area contributed by atoms with Crippen molar-refractivity contribution < 1.29 is 9.53 Å². The topological polar surface area (TPSA) is 64.3 Å². The molecule has 2 fully saturated rings. The molecule has 4 nitrogen and oxygen atoms in total. The summed E-state index contributed by atoms with van der Waals surface area (Å²) >= 11 is 0. The summed E-state index contributed by atoms with van der Waals surface area (Å²) < 4.78 is 5.51. The first-order valence-corrected chi connectivity index (χ1v) is 7.81. The largest absolute Gasteiger partial charge is 0.378 e. The molecule has 0 heterocycles. The zero-order chi connectivity index (χ0) is 13.7. The first kappa shape index (κ1) is 14.8. The van der Waals surface area contributed by atoms with Gasteiger partial charge in [0, 0.05) is 19.6 Å². The third-order valence-electron chi connectivity index (χ3n) is 4.75. The molecule has 19 heavy (non-hydrogen) atoms. The van der Waals surface area contributed by atoms with Crippen LogP contribution in [0.3, 0.4) is 0 Å². The van der Waals surface area contributed by atoms with E-state index in [-0.39, 0.29) is 5.91 Å². The first-order valence-electron chi connectivity index (χ1n) is 7.81. The van der Waals surface area contributed by atoms with Crippen molar-refractivity contribution in [2.24, 2.45) is 23.5 Å². The van der Waals surface area contributed by atoms with Crippen LogP contribution in [0, 0.1) is 17.8 Å². The molecule has 4 heteroatoms. The molecular weight excluding hydrogens is 240 g/mol. The molecule has 0 spiro atoms. The van der Waals surface area contributed by atoms with Crippen molar-refractivity contribution in [2.45, 2.75) is 51.6 Å². The summed E-state index contributed by atoms with van der Waals surface area (Å²) in [5.41, 5.74) is 5.76. The van der Waals surface area contributed by atoms with Gasteiger partial charge in [0.1, 0.15) is 0 Å². The highest BCUT2D eigenvalue weighted by Gasteiger charge is 2.31. The fraction of sp³-hybridized carbons (Fsp3) is 0.933. The van der Waals surface area contributed by atoms with Crippen LogP contribution in [0.15, 0.2) is 0 Å². The molecule has 0 radical (unpaired) electrons. The van der Waals surface area contributed by atoms with Gasteiger partial charge in [0.15, 0.2) is 0 Å². The first-order chi connectivity index (χ1) is 9.22. The predicted octanol–water partition coefficient (Wildman–Crippen LogP) is 1.68. The van der Waals surface area contributed by atoms with Crippen molar-refractivity contribution >= 4 is 5.91 Å². The Balaban J connectivity index is 1.58.